The van der Waals surface area contributed by atoms with Crippen LogP contribution in [-0.2, 0) is 0 Å². The molecular weight excluding hydrogens is 238 g/mol. The van der Waals surface area contributed by atoms with E-state index in [4.69, 9.17) is 5.73 Å². The van der Waals surface area contributed by atoms with Gasteiger partial charge in [-0.3, -0.25) is 9.69 Å². The van der Waals surface area contributed by atoms with Crippen LogP contribution in [0.15, 0.2) is 18.2 Å². The Labute approximate surface area is 114 Å². The standard InChI is InChI=1S/C15H21N3O/c16-15(19)13-8-3-7-12(17-13)14-9-4-10-18(14)11-5-1-2-6-11/h3,7-8,11,14H,1-2,4-6,9-10H2,(H2,16,19)/t14-/m1/s1. The van der Waals surface area contributed by atoms with Crippen LogP contribution < -0.4 is 5.73 Å². The third-order valence-corrected chi connectivity index (χ3v) is 4.45. The Morgan fingerprint density at radius 3 is 2.74 bits per heavy atom. The molecule has 1 aromatic rings. The molecule has 102 valence electrons. The molecule has 0 aromatic carbocycles. The van der Waals surface area contributed by atoms with E-state index in [2.05, 4.69) is 9.88 Å². The van der Waals surface area contributed by atoms with Crippen molar-refractivity contribution in [1.82, 2.24) is 9.88 Å². The van der Waals surface area contributed by atoms with E-state index in [1.807, 2.05) is 12.1 Å². The smallest absolute Gasteiger partial charge is 0.267 e. The summed E-state index contributed by atoms with van der Waals surface area (Å²) in [6.07, 6.45) is 7.69. The molecule has 2 aliphatic rings. The molecule has 1 saturated carbocycles. The van der Waals surface area contributed by atoms with Gasteiger partial charge in [-0.1, -0.05) is 18.9 Å². The lowest BCUT2D eigenvalue weighted by molar-refractivity contribution is 0.0994. The maximum atomic E-state index is 11.3. The first-order chi connectivity index (χ1) is 9.25. The van der Waals surface area contributed by atoms with Gasteiger partial charge in [0.1, 0.15) is 5.69 Å². The van der Waals surface area contributed by atoms with Gasteiger partial charge in [0.05, 0.1) is 11.7 Å². The highest BCUT2D eigenvalue weighted by Crippen LogP contribution is 2.37. The number of nitrogens with zero attached hydrogens (tertiary/aromatic N) is 2. The number of primary amides is 1. The van der Waals surface area contributed by atoms with Crippen LogP contribution in [0.3, 0.4) is 0 Å². The van der Waals surface area contributed by atoms with Crippen LogP contribution in [0.2, 0.25) is 0 Å². The average molecular weight is 259 g/mol. The number of aromatic nitrogens is 1. The normalized spacial score (nSPS) is 24.9. The molecule has 0 radical (unpaired) electrons. The van der Waals surface area contributed by atoms with Gasteiger partial charge in [0.15, 0.2) is 0 Å². The summed E-state index contributed by atoms with van der Waals surface area (Å²) in [6.45, 7) is 1.16. The first-order valence-corrected chi connectivity index (χ1v) is 7.28. The number of likely N-dealkylation sites (tertiary alicyclic amines) is 1. The summed E-state index contributed by atoms with van der Waals surface area (Å²) < 4.78 is 0. The molecule has 0 bridgehead atoms. The fraction of sp³-hybridized carbons (Fsp3) is 0.600. The van der Waals surface area contributed by atoms with Gasteiger partial charge in [-0.05, 0) is 44.4 Å². The first kappa shape index (κ1) is 12.6. The summed E-state index contributed by atoms with van der Waals surface area (Å²) in [5.41, 5.74) is 6.72. The van der Waals surface area contributed by atoms with Crippen molar-refractivity contribution in [2.45, 2.75) is 50.6 Å². The Balaban J connectivity index is 1.83. The SMILES string of the molecule is NC(=O)c1cccc([C@H]2CCCN2C2CCCC2)n1. The molecule has 1 amide bonds. The topological polar surface area (TPSA) is 59.2 Å². The summed E-state index contributed by atoms with van der Waals surface area (Å²) in [7, 11) is 0. The van der Waals surface area contributed by atoms with E-state index in [0.29, 0.717) is 17.8 Å². The highest BCUT2D eigenvalue weighted by Gasteiger charge is 2.33. The highest BCUT2D eigenvalue weighted by molar-refractivity contribution is 5.90. The number of nitrogens with two attached hydrogens (primary N) is 1. The van der Waals surface area contributed by atoms with Crippen molar-refractivity contribution in [3.05, 3.63) is 29.6 Å². The van der Waals surface area contributed by atoms with Crippen LogP contribution in [-0.4, -0.2) is 28.4 Å². The van der Waals surface area contributed by atoms with Crippen molar-refractivity contribution in [1.29, 1.82) is 0 Å². The Bertz CT molecular complexity index is 468. The quantitative estimate of drug-likeness (QED) is 0.905. The van der Waals surface area contributed by atoms with Gasteiger partial charge in [0, 0.05) is 6.04 Å². The van der Waals surface area contributed by atoms with Crippen LogP contribution in [0.5, 0.6) is 0 Å². The molecule has 1 aliphatic carbocycles. The van der Waals surface area contributed by atoms with E-state index >= 15 is 0 Å². The molecule has 1 aliphatic heterocycles. The van der Waals surface area contributed by atoms with E-state index in [-0.39, 0.29) is 0 Å². The van der Waals surface area contributed by atoms with Crippen molar-refractivity contribution in [3.8, 4) is 0 Å². The average Bonchev–Trinajstić information content (AvgIpc) is 3.09. The van der Waals surface area contributed by atoms with Gasteiger partial charge in [-0.2, -0.15) is 0 Å². The van der Waals surface area contributed by atoms with Crippen LogP contribution in [0.1, 0.15) is 60.7 Å². The molecule has 2 N–H and O–H groups in total. The number of rotatable bonds is 3. The summed E-state index contributed by atoms with van der Waals surface area (Å²) in [5.74, 6) is -0.438. The zero-order valence-electron chi connectivity index (χ0n) is 11.2. The molecule has 2 fully saturated rings. The fourth-order valence-corrected chi connectivity index (χ4v) is 3.55. The number of hydrogen-bond acceptors (Lipinski definition) is 3. The minimum Gasteiger partial charge on any atom is -0.364 e. The number of carbonyl (C=O) groups excluding carboxylic acids is 1. The number of pyridine rings is 1. The lowest BCUT2D eigenvalue weighted by atomic mass is 10.1. The van der Waals surface area contributed by atoms with Crippen molar-refractivity contribution in [2.24, 2.45) is 5.73 Å². The Hall–Kier alpha value is -1.42. The molecule has 2 heterocycles. The second-order valence-electron chi connectivity index (χ2n) is 5.65. The lowest BCUT2D eigenvalue weighted by Gasteiger charge is -2.30. The number of carbonyl (C=O) groups is 1. The van der Waals surface area contributed by atoms with Gasteiger partial charge in [-0.15, -0.1) is 0 Å². The summed E-state index contributed by atoms with van der Waals surface area (Å²) in [4.78, 5) is 18.3. The molecule has 1 aromatic heterocycles. The molecule has 0 spiro atoms. The van der Waals surface area contributed by atoms with Crippen molar-refractivity contribution < 1.29 is 4.79 Å². The fourth-order valence-electron chi connectivity index (χ4n) is 3.55. The van der Waals surface area contributed by atoms with Crippen molar-refractivity contribution in [3.63, 3.8) is 0 Å². The second-order valence-corrected chi connectivity index (χ2v) is 5.65. The Morgan fingerprint density at radius 1 is 1.21 bits per heavy atom. The summed E-state index contributed by atoms with van der Waals surface area (Å²) in [6, 6.07) is 6.72. The van der Waals surface area contributed by atoms with E-state index < -0.39 is 5.91 Å². The van der Waals surface area contributed by atoms with E-state index in [9.17, 15) is 4.79 Å². The maximum Gasteiger partial charge on any atom is 0.267 e. The third-order valence-electron chi connectivity index (χ3n) is 4.45. The minimum atomic E-state index is -0.438. The maximum absolute atomic E-state index is 11.3. The molecular formula is C15H21N3O. The van der Waals surface area contributed by atoms with Gasteiger partial charge in [-0.25, -0.2) is 4.98 Å². The summed E-state index contributed by atoms with van der Waals surface area (Å²) in [5, 5.41) is 0. The molecule has 19 heavy (non-hydrogen) atoms. The molecule has 1 saturated heterocycles. The van der Waals surface area contributed by atoms with E-state index in [0.717, 1.165) is 18.7 Å². The van der Waals surface area contributed by atoms with Crippen LogP contribution >= 0.6 is 0 Å². The van der Waals surface area contributed by atoms with Gasteiger partial charge in [0.2, 0.25) is 0 Å². The van der Waals surface area contributed by atoms with E-state index in [1.165, 1.54) is 32.1 Å². The zero-order valence-corrected chi connectivity index (χ0v) is 11.2. The van der Waals surface area contributed by atoms with Crippen molar-refractivity contribution in [2.75, 3.05) is 6.54 Å². The predicted molar refractivity (Wildman–Crippen MR) is 73.7 cm³/mol. The van der Waals surface area contributed by atoms with E-state index in [1.54, 1.807) is 6.07 Å². The second kappa shape index (κ2) is 5.29. The lowest BCUT2D eigenvalue weighted by Crippen LogP contribution is -2.33. The predicted octanol–water partition coefficient (Wildman–Crippen LogP) is 2.26. The monoisotopic (exact) mass is 259 g/mol. The minimum absolute atomic E-state index is 0.377. The molecule has 4 nitrogen and oxygen atoms in total. The number of hydrogen-bond donors (Lipinski definition) is 1. The molecule has 0 unspecified atom stereocenters. The highest BCUT2D eigenvalue weighted by atomic mass is 16.1. The Morgan fingerprint density at radius 2 is 2.00 bits per heavy atom. The van der Waals surface area contributed by atoms with Gasteiger partial charge in [0.25, 0.3) is 5.91 Å². The van der Waals surface area contributed by atoms with Gasteiger partial charge < -0.3 is 5.73 Å². The molecule has 3 rings (SSSR count). The molecule has 1 atom stereocenters. The zero-order chi connectivity index (χ0) is 13.2. The first-order valence-electron chi connectivity index (χ1n) is 7.28. The summed E-state index contributed by atoms with van der Waals surface area (Å²) >= 11 is 0. The van der Waals surface area contributed by atoms with Crippen LogP contribution in [0, 0.1) is 0 Å². The Kier molecular flexibility index (Phi) is 3.51. The van der Waals surface area contributed by atoms with Gasteiger partial charge >= 0.3 is 0 Å². The largest absolute Gasteiger partial charge is 0.364 e. The van der Waals surface area contributed by atoms with Crippen molar-refractivity contribution >= 4 is 5.91 Å². The number of amides is 1. The third kappa shape index (κ3) is 2.50. The molecule has 4 heteroatoms. The van der Waals surface area contributed by atoms with Crippen LogP contribution in [0.4, 0.5) is 0 Å². The van der Waals surface area contributed by atoms with Crippen LogP contribution in [0.25, 0.3) is 0 Å².